The topological polar surface area (TPSA) is 0 Å². The van der Waals surface area contributed by atoms with Gasteiger partial charge >= 0.3 is 0 Å². The van der Waals surface area contributed by atoms with Gasteiger partial charge in [0.25, 0.3) is 0 Å². The summed E-state index contributed by atoms with van der Waals surface area (Å²) in [5, 5.41) is 1.10. The van der Waals surface area contributed by atoms with E-state index >= 15 is 0 Å². The third kappa shape index (κ3) is 1.44. The quantitative estimate of drug-likeness (QED) is 0.569. The molecule has 0 nitrogen and oxygen atoms in total. The van der Waals surface area contributed by atoms with Gasteiger partial charge in [-0.1, -0.05) is 19.3 Å². The highest BCUT2D eigenvalue weighted by atomic mass is 32.2. The van der Waals surface area contributed by atoms with E-state index in [0.29, 0.717) is 0 Å². The Labute approximate surface area is 85.9 Å². The molecular weight excluding hydrogens is 176 g/mol. The van der Waals surface area contributed by atoms with Gasteiger partial charge in [0.2, 0.25) is 0 Å². The molecule has 1 heterocycles. The summed E-state index contributed by atoms with van der Waals surface area (Å²) in [5.74, 6) is 4.88. The van der Waals surface area contributed by atoms with Crippen LogP contribution >= 0.6 is 11.8 Å². The Balaban J connectivity index is 1.77. The van der Waals surface area contributed by atoms with Crippen molar-refractivity contribution in [2.24, 2.45) is 17.8 Å². The van der Waals surface area contributed by atoms with Crippen LogP contribution in [-0.2, 0) is 0 Å². The highest BCUT2D eigenvalue weighted by Gasteiger charge is 2.42. The molecule has 1 aliphatic heterocycles. The molecule has 3 aliphatic rings. The Bertz CT molecular complexity index is 190. The van der Waals surface area contributed by atoms with Crippen molar-refractivity contribution in [3.63, 3.8) is 0 Å². The van der Waals surface area contributed by atoms with Crippen LogP contribution in [0, 0.1) is 17.8 Å². The number of hydrogen-bond acceptors (Lipinski definition) is 1. The molecule has 0 aromatic carbocycles. The molecule has 2 aliphatic carbocycles. The second-order valence-electron chi connectivity index (χ2n) is 5.17. The molecule has 13 heavy (non-hydrogen) atoms. The summed E-state index contributed by atoms with van der Waals surface area (Å²) in [6, 6.07) is 0. The van der Waals surface area contributed by atoms with Crippen molar-refractivity contribution >= 4 is 11.8 Å². The van der Waals surface area contributed by atoms with E-state index in [-0.39, 0.29) is 0 Å². The van der Waals surface area contributed by atoms with E-state index in [9.17, 15) is 0 Å². The number of thioether (sulfide) groups is 1. The highest BCUT2D eigenvalue weighted by Crippen LogP contribution is 2.51. The van der Waals surface area contributed by atoms with Crippen LogP contribution in [0.2, 0.25) is 0 Å². The molecule has 3 rings (SSSR count). The largest absolute Gasteiger partial charge is 0.158 e. The van der Waals surface area contributed by atoms with Gasteiger partial charge in [0.05, 0.1) is 0 Å². The summed E-state index contributed by atoms with van der Waals surface area (Å²) in [4.78, 5) is 0. The first-order chi connectivity index (χ1) is 6.45. The molecule has 0 spiro atoms. The molecule has 74 valence electrons. The first kappa shape index (κ1) is 8.64. The summed E-state index contributed by atoms with van der Waals surface area (Å²) >= 11 is 2.31. The van der Waals surface area contributed by atoms with Gasteiger partial charge in [0.15, 0.2) is 0 Å². The van der Waals surface area contributed by atoms with Crippen molar-refractivity contribution < 1.29 is 0 Å². The SMILES string of the molecule is C1CCC2C(C1)CCC1CCSC12. The van der Waals surface area contributed by atoms with Crippen LogP contribution in [0.25, 0.3) is 0 Å². The van der Waals surface area contributed by atoms with Crippen molar-refractivity contribution in [3.8, 4) is 0 Å². The summed E-state index contributed by atoms with van der Waals surface area (Å²) in [7, 11) is 0. The maximum atomic E-state index is 2.31. The first-order valence-electron chi connectivity index (χ1n) is 6.07. The average molecular weight is 196 g/mol. The van der Waals surface area contributed by atoms with Crippen molar-refractivity contribution in [1.29, 1.82) is 0 Å². The molecule has 2 saturated carbocycles. The van der Waals surface area contributed by atoms with Crippen LogP contribution in [0.5, 0.6) is 0 Å². The Morgan fingerprint density at radius 1 is 0.769 bits per heavy atom. The van der Waals surface area contributed by atoms with Crippen LogP contribution in [0.15, 0.2) is 0 Å². The minimum atomic E-state index is 1.10. The fourth-order valence-electron chi connectivity index (χ4n) is 3.89. The molecule has 0 radical (unpaired) electrons. The van der Waals surface area contributed by atoms with E-state index in [1.165, 1.54) is 18.6 Å². The maximum Gasteiger partial charge on any atom is 0.0106 e. The van der Waals surface area contributed by atoms with Gasteiger partial charge in [0, 0.05) is 5.25 Å². The van der Waals surface area contributed by atoms with Gasteiger partial charge in [-0.3, -0.25) is 0 Å². The lowest BCUT2D eigenvalue weighted by Gasteiger charge is -2.42. The summed E-state index contributed by atoms with van der Waals surface area (Å²) < 4.78 is 0. The summed E-state index contributed by atoms with van der Waals surface area (Å²) in [6.07, 6.45) is 10.9. The summed E-state index contributed by atoms with van der Waals surface area (Å²) in [5.41, 5.74) is 0. The number of fused-ring (bicyclic) bond motifs is 3. The molecule has 0 N–H and O–H groups in total. The molecule has 4 unspecified atom stereocenters. The molecule has 1 heteroatoms. The minimum Gasteiger partial charge on any atom is -0.158 e. The van der Waals surface area contributed by atoms with Crippen LogP contribution in [0.3, 0.4) is 0 Å². The van der Waals surface area contributed by atoms with Crippen molar-refractivity contribution in [1.82, 2.24) is 0 Å². The van der Waals surface area contributed by atoms with E-state index in [0.717, 1.165) is 23.0 Å². The standard InChI is InChI=1S/C12H20S/c1-2-4-11-9(3-1)5-6-10-7-8-13-12(10)11/h9-12H,1-8H2. The second-order valence-corrected chi connectivity index (χ2v) is 6.46. The summed E-state index contributed by atoms with van der Waals surface area (Å²) in [6.45, 7) is 0. The molecule has 3 fully saturated rings. The molecule has 0 bridgehead atoms. The van der Waals surface area contributed by atoms with Gasteiger partial charge < -0.3 is 0 Å². The van der Waals surface area contributed by atoms with Gasteiger partial charge in [-0.25, -0.2) is 0 Å². The molecule has 1 saturated heterocycles. The number of hydrogen-bond donors (Lipinski definition) is 0. The molecule has 0 aromatic rings. The van der Waals surface area contributed by atoms with E-state index < -0.39 is 0 Å². The zero-order valence-corrected chi connectivity index (χ0v) is 9.19. The van der Waals surface area contributed by atoms with Gasteiger partial charge in [-0.2, -0.15) is 11.8 Å². The lowest BCUT2D eigenvalue weighted by atomic mass is 9.67. The van der Waals surface area contributed by atoms with Crippen LogP contribution < -0.4 is 0 Å². The fourth-order valence-corrected chi connectivity index (χ4v) is 5.75. The van der Waals surface area contributed by atoms with Crippen molar-refractivity contribution in [3.05, 3.63) is 0 Å². The number of rotatable bonds is 0. The molecule has 4 atom stereocenters. The van der Waals surface area contributed by atoms with Crippen LogP contribution in [-0.4, -0.2) is 11.0 Å². The maximum absolute atomic E-state index is 2.31. The van der Waals surface area contributed by atoms with Gasteiger partial charge in [0.1, 0.15) is 0 Å². The Morgan fingerprint density at radius 2 is 1.62 bits per heavy atom. The monoisotopic (exact) mass is 196 g/mol. The molecule has 0 amide bonds. The van der Waals surface area contributed by atoms with E-state index in [1.54, 1.807) is 32.1 Å². The Hall–Kier alpha value is 0.350. The molecular formula is C12H20S. The smallest absolute Gasteiger partial charge is 0.0106 e. The fraction of sp³-hybridized carbons (Fsp3) is 1.00. The normalized spacial score (nSPS) is 49.8. The van der Waals surface area contributed by atoms with E-state index in [2.05, 4.69) is 11.8 Å². The van der Waals surface area contributed by atoms with Gasteiger partial charge in [-0.05, 0) is 49.2 Å². The van der Waals surface area contributed by atoms with E-state index in [1.807, 2.05) is 0 Å². The lowest BCUT2D eigenvalue weighted by Crippen LogP contribution is -2.36. The third-order valence-corrected chi connectivity index (χ3v) is 6.15. The Kier molecular flexibility index (Phi) is 2.32. The second kappa shape index (κ2) is 3.49. The zero-order chi connectivity index (χ0) is 8.67. The van der Waals surface area contributed by atoms with Crippen molar-refractivity contribution in [2.45, 2.75) is 50.2 Å². The van der Waals surface area contributed by atoms with Crippen LogP contribution in [0.1, 0.15) is 44.9 Å². The first-order valence-corrected chi connectivity index (χ1v) is 7.11. The Morgan fingerprint density at radius 3 is 2.62 bits per heavy atom. The van der Waals surface area contributed by atoms with Crippen molar-refractivity contribution in [2.75, 3.05) is 5.75 Å². The average Bonchev–Trinajstić information content (AvgIpc) is 2.65. The predicted octanol–water partition coefficient (Wildman–Crippen LogP) is 3.71. The molecule has 0 aromatic heterocycles. The van der Waals surface area contributed by atoms with E-state index in [4.69, 9.17) is 0 Å². The minimum absolute atomic E-state index is 1.10. The lowest BCUT2D eigenvalue weighted by molar-refractivity contribution is 0.142. The van der Waals surface area contributed by atoms with Gasteiger partial charge in [-0.15, -0.1) is 0 Å². The predicted molar refractivity (Wildman–Crippen MR) is 59.0 cm³/mol. The van der Waals surface area contributed by atoms with Crippen LogP contribution in [0.4, 0.5) is 0 Å². The highest BCUT2D eigenvalue weighted by molar-refractivity contribution is 8.00. The zero-order valence-electron chi connectivity index (χ0n) is 8.37. The third-order valence-electron chi connectivity index (χ3n) is 4.56.